The first-order valence-electron chi connectivity index (χ1n) is 11.8. The lowest BCUT2D eigenvalue weighted by atomic mass is 10.1. The first kappa shape index (κ1) is 30.2. The Morgan fingerprint density at radius 2 is 0.897 bits per heavy atom. The number of carbonyl (C=O) groups excluding carboxylic acids is 1. The van der Waals surface area contributed by atoms with Crippen LogP contribution in [0.15, 0.2) is 97.1 Å². The van der Waals surface area contributed by atoms with Gasteiger partial charge < -0.3 is 35.4 Å². The molecule has 0 aliphatic carbocycles. The number of ether oxygens (including phenoxy) is 1. The lowest BCUT2D eigenvalue weighted by molar-refractivity contribution is 0.0508. The molecule has 0 fully saturated rings. The van der Waals surface area contributed by atoms with Crippen LogP contribution in [-0.2, 0) is 17.6 Å². The number of benzene rings is 4. The second-order valence-corrected chi connectivity index (χ2v) is 8.09. The maximum Gasteiger partial charge on any atom is 0.338 e. The molecule has 0 unspecified atom stereocenters. The molecule has 0 bridgehead atoms. The smallest absolute Gasteiger partial charge is 0.338 e. The van der Waals surface area contributed by atoms with Gasteiger partial charge >= 0.3 is 11.9 Å². The van der Waals surface area contributed by atoms with E-state index in [2.05, 4.69) is 0 Å². The van der Waals surface area contributed by atoms with Crippen molar-refractivity contribution in [1.29, 1.82) is 0 Å². The fourth-order valence-electron chi connectivity index (χ4n) is 3.00. The van der Waals surface area contributed by atoms with Crippen molar-refractivity contribution in [3.63, 3.8) is 0 Å². The first-order chi connectivity index (χ1) is 18.7. The zero-order chi connectivity index (χ0) is 28.6. The van der Waals surface area contributed by atoms with Gasteiger partial charge in [0, 0.05) is 13.0 Å². The molecule has 9 heteroatoms. The molecular formula is C30H30O9. The quantitative estimate of drug-likeness (QED) is 0.187. The SMILES string of the molecule is O=C(O)c1ccc(O)cc1.O=C(OCCc1ccc(O)cc1)c1ccc(O)cc1.OCCc1ccc(O)cc1. The van der Waals surface area contributed by atoms with Crippen LogP contribution in [0.1, 0.15) is 31.8 Å². The zero-order valence-electron chi connectivity index (χ0n) is 21.0. The molecule has 0 aliphatic rings. The monoisotopic (exact) mass is 534 g/mol. The number of phenols is 4. The maximum atomic E-state index is 11.7. The number of esters is 1. The molecule has 0 atom stereocenters. The normalized spacial score (nSPS) is 9.77. The summed E-state index contributed by atoms with van der Waals surface area (Å²) in [5.41, 5.74) is 2.61. The Labute approximate surface area is 225 Å². The third-order valence-corrected chi connectivity index (χ3v) is 5.11. The van der Waals surface area contributed by atoms with Crippen LogP contribution in [0.4, 0.5) is 0 Å². The largest absolute Gasteiger partial charge is 0.508 e. The number of carboxylic acids is 1. The molecule has 0 saturated carbocycles. The molecule has 0 saturated heterocycles. The Bertz CT molecular complexity index is 1280. The zero-order valence-corrected chi connectivity index (χ0v) is 21.0. The highest BCUT2D eigenvalue weighted by atomic mass is 16.5. The average molecular weight is 535 g/mol. The van der Waals surface area contributed by atoms with Gasteiger partial charge in [0.1, 0.15) is 23.0 Å². The summed E-state index contributed by atoms with van der Waals surface area (Å²) in [6, 6.07) is 24.8. The molecular weight excluding hydrogens is 504 g/mol. The Morgan fingerprint density at radius 3 is 1.28 bits per heavy atom. The number of aliphatic hydroxyl groups is 1. The lowest BCUT2D eigenvalue weighted by Crippen LogP contribution is -2.07. The molecule has 204 valence electrons. The summed E-state index contributed by atoms with van der Waals surface area (Å²) in [7, 11) is 0. The Hall–Kier alpha value is -5.02. The highest BCUT2D eigenvalue weighted by Gasteiger charge is 2.06. The minimum atomic E-state index is -0.986. The van der Waals surface area contributed by atoms with E-state index in [-0.39, 0.29) is 41.8 Å². The van der Waals surface area contributed by atoms with Gasteiger partial charge in [0.15, 0.2) is 0 Å². The third kappa shape index (κ3) is 11.7. The number of hydrogen-bond donors (Lipinski definition) is 6. The predicted octanol–water partition coefficient (Wildman–Crippen LogP) is 4.51. The molecule has 39 heavy (non-hydrogen) atoms. The number of carbonyl (C=O) groups is 2. The molecule has 9 nitrogen and oxygen atoms in total. The Balaban J connectivity index is 0.000000225. The second kappa shape index (κ2) is 16.0. The van der Waals surface area contributed by atoms with E-state index in [4.69, 9.17) is 35.4 Å². The number of aromatic hydroxyl groups is 4. The topological polar surface area (TPSA) is 165 Å². The van der Waals surface area contributed by atoms with E-state index in [1.165, 1.54) is 48.5 Å². The van der Waals surface area contributed by atoms with Gasteiger partial charge in [-0.05, 0) is 90.3 Å². The van der Waals surface area contributed by atoms with E-state index in [0.29, 0.717) is 18.4 Å². The standard InChI is InChI=1S/C15H14O4.C8H10O2.C7H6O3/c16-13-5-1-11(2-6-13)9-10-19-15(18)12-3-7-14(17)8-4-12;9-6-5-7-1-3-8(10)4-2-7;8-6-3-1-5(2-4-6)7(9)10/h1-8,16-17H,9-10H2;1-4,9-10H,5-6H2;1-4,8H,(H,9,10). The average Bonchev–Trinajstić information content (AvgIpc) is 2.92. The van der Waals surface area contributed by atoms with E-state index >= 15 is 0 Å². The van der Waals surface area contributed by atoms with E-state index in [1.54, 1.807) is 48.5 Å². The van der Waals surface area contributed by atoms with Crippen LogP contribution < -0.4 is 0 Å². The molecule has 0 radical (unpaired) electrons. The van der Waals surface area contributed by atoms with Gasteiger partial charge in [-0.15, -0.1) is 0 Å². The van der Waals surface area contributed by atoms with E-state index < -0.39 is 11.9 Å². The van der Waals surface area contributed by atoms with Crippen molar-refractivity contribution in [1.82, 2.24) is 0 Å². The minimum absolute atomic E-state index is 0.0741. The van der Waals surface area contributed by atoms with E-state index in [1.807, 2.05) is 0 Å². The Kier molecular flexibility index (Phi) is 12.4. The molecule has 0 heterocycles. The van der Waals surface area contributed by atoms with Gasteiger partial charge in [0.05, 0.1) is 17.7 Å². The van der Waals surface area contributed by atoms with Crippen LogP contribution >= 0.6 is 0 Å². The fourth-order valence-corrected chi connectivity index (χ4v) is 3.00. The molecule has 0 aliphatic heterocycles. The minimum Gasteiger partial charge on any atom is -0.508 e. The molecule has 4 aromatic carbocycles. The summed E-state index contributed by atoms with van der Waals surface area (Å²) >= 11 is 0. The van der Waals surface area contributed by atoms with Crippen molar-refractivity contribution >= 4 is 11.9 Å². The molecule has 0 spiro atoms. The number of phenolic OH excluding ortho intramolecular Hbond substituents is 4. The molecule has 4 rings (SSSR count). The van der Waals surface area contributed by atoms with Crippen molar-refractivity contribution in [2.24, 2.45) is 0 Å². The van der Waals surface area contributed by atoms with Gasteiger partial charge in [0.2, 0.25) is 0 Å². The molecule has 6 N–H and O–H groups in total. The van der Waals surface area contributed by atoms with Gasteiger partial charge in [0.25, 0.3) is 0 Å². The van der Waals surface area contributed by atoms with Crippen molar-refractivity contribution in [2.75, 3.05) is 13.2 Å². The number of carboxylic acid groups (broad SMARTS) is 1. The second-order valence-electron chi connectivity index (χ2n) is 8.09. The Morgan fingerprint density at radius 1 is 0.538 bits per heavy atom. The highest BCUT2D eigenvalue weighted by Crippen LogP contribution is 2.13. The van der Waals surface area contributed by atoms with Crippen molar-refractivity contribution in [3.05, 3.63) is 119 Å². The van der Waals surface area contributed by atoms with Crippen LogP contribution in [0.2, 0.25) is 0 Å². The van der Waals surface area contributed by atoms with E-state index in [9.17, 15) is 9.59 Å². The van der Waals surface area contributed by atoms with Crippen molar-refractivity contribution in [3.8, 4) is 23.0 Å². The van der Waals surface area contributed by atoms with Gasteiger partial charge in [-0.2, -0.15) is 0 Å². The van der Waals surface area contributed by atoms with E-state index in [0.717, 1.165) is 11.1 Å². The molecule has 0 amide bonds. The van der Waals surface area contributed by atoms with Gasteiger partial charge in [-0.3, -0.25) is 0 Å². The summed E-state index contributed by atoms with van der Waals surface area (Å²) in [6.45, 7) is 0.426. The fraction of sp³-hybridized carbons (Fsp3) is 0.133. The third-order valence-electron chi connectivity index (χ3n) is 5.11. The summed E-state index contributed by atoms with van der Waals surface area (Å²) in [6.07, 6.45) is 1.24. The highest BCUT2D eigenvalue weighted by molar-refractivity contribution is 5.89. The molecule has 0 aromatic heterocycles. The van der Waals surface area contributed by atoms with Crippen molar-refractivity contribution < 1.29 is 45.0 Å². The number of hydrogen-bond acceptors (Lipinski definition) is 8. The summed E-state index contributed by atoms with van der Waals surface area (Å²) < 4.78 is 5.12. The maximum absolute atomic E-state index is 11.7. The van der Waals surface area contributed by atoms with Gasteiger partial charge in [-0.25, -0.2) is 9.59 Å². The number of aliphatic hydroxyl groups excluding tert-OH is 1. The van der Waals surface area contributed by atoms with Crippen LogP contribution in [0.3, 0.4) is 0 Å². The van der Waals surface area contributed by atoms with Crippen LogP contribution in [0.5, 0.6) is 23.0 Å². The van der Waals surface area contributed by atoms with Crippen LogP contribution in [0, 0.1) is 0 Å². The summed E-state index contributed by atoms with van der Waals surface area (Å²) in [5, 5.41) is 52.8. The summed E-state index contributed by atoms with van der Waals surface area (Å²) in [4.78, 5) is 21.9. The molecule has 4 aromatic rings. The first-order valence-corrected chi connectivity index (χ1v) is 11.8. The predicted molar refractivity (Wildman–Crippen MR) is 144 cm³/mol. The van der Waals surface area contributed by atoms with Crippen LogP contribution in [-0.4, -0.2) is 55.8 Å². The van der Waals surface area contributed by atoms with Crippen LogP contribution in [0.25, 0.3) is 0 Å². The van der Waals surface area contributed by atoms with Gasteiger partial charge in [-0.1, -0.05) is 24.3 Å². The van der Waals surface area contributed by atoms with Crippen molar-refractivity contribution in [2.45, 2.75) is 12.8 Å². The number of aromatic carboxylic acids is 1. The summed E-state index contributed by atoms with van der Waals surface area (Å²) in [5.74, 6) is -0.740. The number of rotatable bonds is 7. The lowest BCUT2D eigenvalue weighted by Gasteiger charge is -2.05.